The number of nitrogens with two attached hydrogens (primary N) is 2. The predicted octanol–water partition coefficient (Wildman–Crippen LogP) is 2.71. The molecule has 1 rings (SSSR count). The molecule has 1 aromatic carbocycles. The number of ether oxygens (including phenoxy) is 1. The number of hydrogen-bond donors (Lipinski definition) is 3. The molecule has 0 saturated heterocycles. The first kappa shape index (κ1) is 17.5. The van der Waals surface area contributed by atoms with Gasteiger partial charge in [0.05, 0.1) is 11.4 Å². The lowest BCUT2D eigenvalue weighted by Gasteiger charge is -2.08. The number of nitrogens with one attached hydrogen (secondary N) is 1. The van der Waals surface area contributed by atoms with Crippen molar-refractivity contribution in [3.63, 3.8) is 0 Å². The van der Waals surface area contributed by atoms with E-state index in [4.69, 9.17) is 16.9 Å². The van der Waals surface area contributed by atoms with E-state index in [1.165, 1.54) is 12.1 Å². The van der Waals surface area contributed by atoms with Crippen LogP contribution in [0.15, 0.2) is 34.3 Å². The lowest BCUT2D eigenvalue weighted by molar-refractivity contribution is -0.274. The molecule has 1 aromatic rings. The molecule has 5 N–H and O–H groups in total. The maximum Gasteiger partial charge on any atom is 0.573 e. The summed E-state index contributed by atoms with van der Waals surface area (Å²) in [6.45, 7) is 1.89. The van der Waals surface area contributed by atoms with E-state index in [9.17, 15) is 13.2 Å². The number of aliphatic imine (C=N–C) groups is 2. The molecule has 120 valence electrons. The Morgan fingerprint density at radius 2 is 1.82 bits per heavy atom. The van der Waals surface area contributed by atoms with Crippen LogP contribution < -0.4 is 16.2 Å². The molecule has 0 saturated carbocycles. The second kappa shape index (κ2) is 7.43. The van der Waals surface area contributed by atoms with Crippen molar-refractivity contribution < 1.29 is 17.9 Å². The molecule has 0 radical (unpaired) electrons. The van der Waals surface area contributed by atoms with E-state index >= 15 is 0 Å². The van der Waals surface area contributed by atoms with Gasteiger partial charge in [0.2, 0.25) is 5.96 Å². The number of rotatable bonds is 5. The molecule has 0 aliphatic rings. The SMILES string of the molecule is CCCC(=NC(N)=Nc1ccc(OC(F)(F)F)cc1)C(=N)N. The van der Waals surface area contributed by atoms with E-state index in [2.05, 4.69) is 14.7 Å². The highest BCUT2D eigenvalue weighted by atomic mass is 19.4. The molecular weight excluding hydrogens is 299 g/mol. The number of halogens is 3. The molecule has 0 aromatic heterocycles. The molecule has 9 heteroatoms. The van der Waals surface area contributed by atoms with Crippen molar-refractivity contribution in [2.24, 2.45) is 21.5 Å². The van der Waals surface area contributed by atoms with Gasteiger partial charge < -0.3 is 16.2 Å². The molecule has 0 amide bonds. The number of benzene rings is 1. The number of amidine groups is 1. The first-order valence-electron chi connectivity index (χ1n) is 6.33. The average Bonchev–Trinajstić information content (AvgIpc) is 2.38. The van der Waals surface area contributed by atoms with Crippen LogP contribution in [0, 0.1) is 5.41 Å². The molecule has 0 aliphatic heterocycles. The van der Waals surface area contributed by atoms with Crippen molar-refractivity contribution in [2.75, 3.05) is 0 Å². The first-order valence-corrected chi connectivity index (χ1v) is 6.33. The van der Waals surface area contributed by atoms with Gasteiger partial charge in [-0.3, -0.25) is 5.41 Å². The van der Waals surface area contributed by atoms with Crippen LogP contribution in [0.3, 0.4) is 0 Å². The summed E-state index contributed by atoms with van der Waals surface area (Å²) in [4.78, 5) is 7.85. The maximum absolute atomic E-state index is 12.0. The van der Waals surface area contributed by atoms with Crippen molar-refractivity contribution in [2.45, 2.75) is 26.1 Å². The van der Waals surface area contributed by atoms with Gasteiger partial charge >= 0.3 is 6.36 Å². The third-order valence-corrected chi connectivity index (χ3v) is 2.36. The highest BCUT2D eigenvalue weighted by molar-refractivity contribution is 6.41. The Balaban J connectivity index is 2.88. The van der Waals surface area contributed by atoms with Gasteiger partial charge in [0.25, 0.3) is 0 Å². The standard InChI is InChI=1S/C13H16F3N5O/c1-2-3-10(11(17)18)21-12(19)20-8-4-6-9(7-5-8)22-13(14,15)16/h4-7H,2-3H2,1H3,(H3,17,18)(H2,19,20). The smallest absolute Gasteiger partial charge is 0.406 e. The quantitative estimate of drug-likeness (QED) is 0.574. The zero-order chi connectivity index (χ0) is 16.8. The molecule has 0 spiro atoms. The van der Waals surface area contributed by atoms with Gasteiger partial charge in [-0.25, -0.2) is 9.98 Å². The van der Waals surface area contributed by atoms with Crippen LogP contribution in [0.5, 0.6) is 5.75 Å². The van der Waals surface area contributed by atoms with Gasteiger partial charge in [-0.2, -0.15) is 0 Å². The summed E-state index contributed by atoms with van der Waals surface area (Å²) in [5, 5.41) is 7.35. The summed E-state index contributed by atoms with van der Waals surface area (Å²) in [7, 11) is 0. The van der Waals surface area contributed by atoms with Gasteiger partial charge in [0.1, 0.15) is 11.6 Å². The van der Waals surface area contributed by atoms with Crippen LogP contribution in [-0.4, -0.2) is 23.9 Å². The summed E-state index contributed by atoms with van der Waals surface area (Å²) >= 11 is 0. The maximum atomic E-state index is 12.0. The molecular formula is C13H16F3N5O. The average molecular weight is 315 g/mol. The molecule has 0 aliphatic carbocycles. The minimum atomic E-state index is -4.75. The fraction of sp³-hybridized carbons (Fsp3) is 0.308. The van der Waals surface area contributed by atoms with Gasteiger partial charge in [-0.1, -0.05) is 13.3 Å². The van der Waals surface area contributed by atoms with Gasteiger partial charge in [-0.05, 0) is 30.7 Å². The van der Waals surface area contributed by atoms with Crippen molar-refractivity contribution in [3.8, 4) is 5.75 Å². The zero-order valence-corrected chi connectivity index (χ0v) is 11.8. The predicted molar refractivity (Wildman–Crippen MR) is 78.7 cm³/mol. The van der Waals surface area contributed by atoms with Crippen LogP contribution >= 0.6 is 0 Å². The van der Waals surface area contributed by atoms with E-state index in [1.54, 1.807) is 0 Å². The summed E-state index contributed by atoms with van der Waals surface area (Å²) < 4.78 is 39.8. The van der Waals surface area contributed by atoms with E-state index in [0.717, 1.165) is 18.6 Å². The van der Waals surface area contributed by atoms with E-state index in [0.29, 0.717) is 17.8 Å². The van der Waals surface area contributed by atoms with Crippen LogP contribution in [0.2, 0.25) is 0 Å². The van der Waals surface area contributed by atoms with E-state index < -0.39 is 6.36 Å². The van der Waals surface area contributed by atoms with Crippen LogP contribution in [0.25, 0.3) is 0 Å². The van der Waals surface area contributed by atoms with Gasteiger partial charge in [0.15, 0.2) is 0 Å². The van der Waals surface area contributed by atoms with Crippen molar-refractivity contribution in [1.82, 2.24) is 0 Å². The molecule has 0 atom stereocenters. The number of alkyl halides is 3. The normalized spacial score (nSPS) is 13.1. The van der Waals surface area contributed by atoms with Gasteiger partial charge in [0, 0.05) is 0 Å². The lowest BCUT2D eigenvalue weighted by Crippen LogP contribution is -2.25. The minimum Gasteiger partial charge on any atom is -0.406 e. The van der Waals surface area contributed by atoms with E-state index in [1.807, 2.05) is 6.92 Å². The summed E-state index contributed by atoms with van der Waals surface area (Å²) in [6, 6.07) is 4.83. The Kier molecular flexibility index (Phi) is 5.90. The van der Waals surface area contributed by atoms with Crippen molar-refractivity contribution in [1.29, 1.82) is 5.41 Å². The number of guanidine groups is 1. The van der Waals surface area contributed by atoms with Crippen molar-refractivity contribution in [3.05, 3.63) is 24.3 Å². The third kappa shape index (κ3) is 6.25. The Morgan fingerprint density at radius 1 is 1.23 bits per heavy atom. The van der Waals surface area contributed by atoms with E-state index in [-0.39, 0.29) is 17.5 Å². The van der Waals surface area contributed by atoms with Crippen LogP contribution in [0.1, 0.15) is 19.8 Å². The summed E-state index contributed by atoms with van der Waals surface area (Å²) in [6.07, 6.45) is -3.54. The fourth-order valence-electron chi connectivity index (χ4n) is 1.51. The Bertz CT molecular complexity index is 578. The monoisotopic (exact) mass is 315 g/mol. The molecule has 0 unspecified atom stereocenters. The summed E-state index contributed by atoms with van der Waals surface area (Å²) in [5.41, 5.74) is 11.6. The molecule has 0 heterocycles. The number of nitrogens with zero attached hydrogens (tertiary/aromatic N) is 2. The highest BCUT2D eigenvalue weighted by Crippen LogP contribution is 2.24. The largest absolute Gasteiger partial charge is 0.573 e. The van der Waals surface area contributed by atoms with Crippen LogP contribution in [0.4, 0.5) is 18.9 Å². The second-order valence-corrected chi connectivity index (χ2v) is 4.23. The molecule has 6 nitrogen and oxygen atoms in total. The second-order valence-electron chi connectivity index (χ2n) is 4.23. The Hall–Kier alpha value is -2.58. The third-order valence-electron chi connectivity index (χ3n) is 2.36. The molecule has 0 fully saturated rings. The first-order chi connectivity index (χ1) is 10.2. The zero-order valence-electron chi connectivity index (χ0n) is 11.8. The van der Waals surface area contributed by atoms with Crippen LogP contribution in [-0.2, 0) is 0 Å². The fourth-order valence-corrected chi connectivity index (χ4v) is 1.51. The van der Waals surface area contributed by atoms with Gasteiger partial charge in [-0.15, -0.1) is 13.2 Å². The highest BCUT2D eigenvalue weighted by Gasteiger charge is 2.30. The lowest BCUT2D eigenvalue weighted by atomic mass is 10.2. The topological polar surface area (TPSA) is 110 Å². The van der Waals surface area contributed by atoms with Crippen molar-refractivity contribution >= 4 is 23.2 Å². The Morgan fingerprint density at radius 3 is 2.27 bits per heavy atom. The molecule has 0 bridgehead atoms. The minimum absolute atomic E-state index is 0.136. The summed E-state index contributed by atoms with van der Waals surface area (Å²) in [5.74, 6) is -0.694. The number of hydrogen-bond acceptors (Lipinski definition) is 3. The Labute approximate surface area is 125 Å². The molecule has 22 heavy (non-hydrogen) atoms.